The quantitative estimate of drug-likeness (QED) is 0.669. The molecule has 1 fully saturated rings. The summed E-state index contributed by atoms with van der Waals surface area (Å²) < 4.78 is 6.12. The number of piperazine rings is 1. The van der Waals surface area contributed by atoms with Gasteiger partial charge in [-0.1, -0.05) is 22.0 Å². The number of hydrogen-bond donors (Lipinski definition) is 1. The monoisotopic (exact) mass is 440 g/mol. The molecule has 2 heterocycles. The Morgan fingerprint density at radius 2 is 1.82 bits per heavy atom. The second-order valence-corrected chi connectivity index (χ2v) is 7.57. The van der Waals surface area contributed by atoms with Crippen molar-refractivity contribution in [2.75, 3.05) is 38.2 Å². The third-order valence-electron chi connectivity index (χ3n) is 4.93. The Kier molecular flexibility index (Phi) is 5.34. The summed E-state index contributed by atoms with van der Waals surface area (Å²) in [5.74, 6) is 1.80. The molecule has 144 valence electrons. The van der Waals surface area contributed by atoms with Gasteiger partial charge in [0.25, 0.3) is 5.91 Å². The van der Waals surface area contributed by atoms with Crippen molar-refractivity contribution in [2.45, 2.75) is 0 Å². The van der Waals surface area contributed by atoms with Crippen LogP contribution in [0.2, 0.25) is 0 Å². The molecule has 4 rings (SSSR count). The summed E-state index contributed by atoms with van der Waals surface area (Å²) in [5, 5.41) is 7.56. The molecule has 1 aliphatic rings. The molecule has 0 radical (unpaired) electrons. The topological polar surface area (TPSA) is 61.5 Å². The molecule has 1 saturated heterocycles. The second kappa shape index (κ2) is 8.06. The number of aromatic amines is 1. The number of rotatable bonds is 4. The van der Waals surface area contributed by atoms with Gasteiger partial charge in [-0.25, -0.2) is 0 Å². The van der Waals surface area contributed by atoms with Gasteiger partial charge in [-0.05, 0) is 48.0 Å². The third-order valence-corrected chi connectivity index (χ3v) is 5.42. The minimum Gasteiger partial charge on any atom is -0.497 e. The number of nitrogens with zero attached hydrogens (tertiary/aromatic N) is 3. The Bertz CT molecular complexity index is 963. The van der Waals surface area contributed by atoms with Gasteiger partial charge in [-0.15, -0.1) is 0 Å². The smallest absolute Gasteiger partial charge is 0.254 e. The fourth-order valence-corrected chi connectivity index (χ4v) is 3.73. The molecule has 0 aliphatic carbocycles. The first-order valence-corrected chi connectivity index (χ1v) is 9.93. The first-order valence-electron chi connectivity index (χ1n) is 9.13. The lowest BCUT2D eigenvalue weighted by molar-refractivity contribution is 0.0746. The van der Waals surface area contributed by atoms with Crippen LogP contribution in [0.1, 0.15) is 10.4 Å². The van der Waals surface area contributed by atoms with E-state index < -0.39 is 0 Å². The lowest BCUT2D eigenvalue weighted by Gasteiger charge is -2.34. The van der Waals surface area contributed by atoms with Crippen LogP contribution in [0.5, 0.6) is 5.75 Å². The zero-order valence-electron chi connectivity index (χ0n) is 15.6. The first kappa shape index (κ1) is 18.6. The Morgan fingerprint density at radius 3 is 2.50 bits per heavy atom. The van der Waals surface area contributed by atoms with Crippen molar-refractivity contribution in [3.05, 3.63) is 64.6 Å². The minimum atomic E-state index is 0.0712. The van der Waals surface area contributed by atoms with Gasteiger partial charge in [0, 0.05) is 42.3 Å². The van der Waals surface area contributed by atoms with E-state index in [1.165, 1.54) is 0 Å². The average Bonchev–Trinajstić information content (AvgIpc) is 3.24. The van der Waals surface area contributed by atoms with E-state index >= 15 is 0 Å². The zero-order valence-corrected chi connectivity index (χ0v) is 17.1. The fourth-order valence-electron chi connectivity index (χ4n) is 3.33. The van der Waals surface area contributed by atoms with Gasteiger partial charge in [0.1, 0.15) is 5.75 Å². The molecular formula is C21H21BrN4O2. The Balaban J connectivity index is 1.40. The summed E-state index contributed by atoms with van der Waals surface area (Å²) in [4.78, 5) is 16.8. The molecule has 6 nitrogen and oxygen atoms in total. The van der Waals surface area contributed by atoms with Gasteiger partial charge in [0.15, 0.2) is 5.82 Å². The lowest BCUT2D eigenvalue weighted by Crippen LogP contribution is -2.48. The maximum Gasteiger partial charge on any atom is 0.254 e. The number of halogens is 1. The normalized spacial score (nSPS) is 14.2. The summed E-state index contributed by atoms with van der Waals surface area (Å²) in [6, 6.07) is 17.5. The summed E-state index contributed by atoms with van der Waals surface area (Å²) in [7, 11) is 1.66. The standard InChI is InChI=1S/C21H21BrN4O2/c1-28-18-7-5-15(6-8-18)19-14-20(24-23-19)25-9-11-26(12-10-25)21(27)16-3-2-4-17(22)13-16/h2-8,13-14H,9-12H2,1H3,(H,23,24). The maximum atomic E-state index is 12.7. The van der Waals surface area contributed by atoms with E-state index in [0.29, 0.717) is 18.7 Å². The van der Waals surface area contributed by atoms with Gasteiger partial charge in [0.2, 0.25) is 0 Å². The van der Waals surface area contributed by atoms with E-state index in [2.05, 4.69) is 31.0 Å². The third kappa shape index (κ3) is 3.89. The van der Waals surface area contributed by atoms with Gasteiger partial charge in [-0.2, -0.15) is 5.10 Å². The highest BCUT2D eigenvalue weighted by atomic mass is 79.9. The predicted octanol–water partition coefficient (Wildman–Crippen LogP) is 3.81. The van der Waals surface area contributed by atoms with Crippen molar-refractivity contribution >= 4 is 27.7 Å². The predicted molar refractivity (Wildman–Crippen MR) is 113 cm³/mol. The van der Waals surface area contributed by atoms with Crippen molar-refractivity contribution in [1.82, 2.24) is 15.1 Å². The van der Waals surface area contributed by atoms with Crippen molar-refractivity contribution in [3.8, 4) is 17.0 Å². The van der Waals surface area contributed by atoms with Crippen LogP contribution >= 0.6 is 15.9 Å². The Labute approximate surface area is 172 Å². The number of methoxy groups -OCH3 is 1. The largest absolute Gasteiger partial charge is 0.497 e. The van der Waals surface area contributed by atoms with E-state index in [0.717, 1.165) is 40.4 Å². The zero-order chi connectivity index (χ0) is 19.5. The highest BCUT2D eigenvalue weighted by molar-refractivity contribution is 9.10. The molecule has 0 bridgehead atoms. The summed E-state index contributed by atoms with van der Waals surface area (Å²) in [6.45, 7) is 2.87. The molecule has 0 spiro atoms. The van der Waals surface area contributed by atoms with Crippen LogP contribution in [0.25, 0.3) is 11.3 Å². The number of carbonyl (C=O) groups is 1. The van der Waals surface area contributed by atoms with E-state index in [-0.39, 0.29) is 5.91 Å². The molecule has 7 heteroatoms. The number of aromatic nitrogens is 2. The van der Waals surface area contributed by atoms with Crippen LogP contribution in [0.15, 0.2) is 59.1 Å². The van der Waals surface area contributed by atoms with Gasteiger partial charge in [-0.3, -0.25) is 9.89 Å². The Morgan fingerprint density at radius 1 is 1.07 bits per heavy atom. The number of H-pyrrole nitrogens is 1. The molecule has 1 amide bonds. The molecule has 1 aromatic heterocycles. The van der Waals surface area contributed by atoms with E-state index in [1.807, 2.05) is 59.5 Å². The average molecular weight is 441 g/mol. The minimum absolute atomic E-state index is 0.0712. The van der Waals surface area contributed by atoms with Crippen LogP contribution in [0.4, 0.5) is 5.82 Å². The van der Waals surface area contributed by atoms with E-state index in [4.69, 9.17) is 4.74 Å². The number of hydrogen-bond acceptors (Lipinski definition) is 4. The number of amides is 1. The van der Waals surface area contributed by atoms with E-state index in [9.17, 15) is 4.79 Å². The van der Waals surface area contributed by atoms with Crippen molar-refractivity contribution in [2.24, 2.45) is 0 Å². The summed E-state index contributed by atoms with van der Waals surface area (Å²) in [6.07, 6.45) is 0. The summed E-state index contributed by atoms with van der Waals surface area (Å²) in [5.41, 5.74) is 2.73. The molecule has 0 atom stereocenters. The van der Waals surface area contributed by atoms with Crippen LogP contribution in [-0.4, -0.2) is 54.3 Å². The van der Waals surface area contributed by atoms with Gasteiger partial charge in [0.05, 0.1) is 12.8 Å². The van der Waals surface area contributed by atoms with Crippen molar-refractivity contribution < 1.29 is 9.53 Å². The molecular weight excluding hydrogens is 420 g/mol. The molecule has 2 aromatic carbocycles. The number of carbonyl (C=O) groups excluding carboxylic acids is 1. The number of benzene rings is 2. The van der Waals surface area contributed by atoms with Crippen molar-refractivity contribution in [1.29, 1.82) is 0 Å². The lowest BCUT2D eigenvalue weighted by atomic mass is 10.1. The maximum absolute atomic E-state index is 12.7. The van der Waals surface area contributed by atoms with E-state index in [1.54, 1.807) is 7.11 Å². The van der Waals surface area contributed by atoms with Crippen molar-refractivity contribution in [3.63, 3.8) is 0 Å². The van der Waals surface area contributed by atoms with Crippen LogP contribution in [0.3, 0.4) is 0 Å². The molecule has 3 aromatic rings. The SMILES string of the molecule is COc1ccc(-c2cc(N3CCN(C(=O)c4cccc(Br)c4)CC3)n[nH]2)cc1. The van der Waals surface area contributed by atoms with Gasteiger partial charge < -0.3 is 14.5 Å². The van der Waals surface area contributed by atoms with Crippen LogP contribution in [-0.2, 0) is 0 Å². The van der Waals surface area contributed by atoms with Gasteiger partial charge >= 0.3 is 0 Å². The number of anilines is 1. The molecule has 1 aliphatic heterocycles. The molecule has 1 N–H and O–H groups in total. The summed E-state index contributed by atoms with van der Waals surface area (Å²) >= 11 is 3.43. The van der Waals surface area contributed by atoms with Crippen LogP contribution < -0.4 is 9.64 Å². The second-order valence-electron chi connectivity index (χ2n) is 6.66. The number of ether oxygens (including phenoxy) is 1. The fraction of sp³-hybridized carbons (Fsp3) is 0.238. The molecule has 28 heavy (non-hydrogen) atoms. The Hall–Kier alpha value is -2.80. The highest BCUT2D eigenvalue weighted by Crippen LogP contribution is 2.25. The first-order chi connectivity index (χ1) is 13.6. The highest BCUT2D eigenvalue weighted by Gasteiger charge is 2.23. The molecule has 0 saturated carbocycles. The molecule has 0 unspecified atom stereocenters. The number of nitrogens with one attached hydrogen (secondary N) is 1. The van der Waals surface area contributed by atoms with Crippen LogP contribution in [0, 0.1) is 0 Å².